The molecule has 2 rings (SSSR count). The minimum absolute atomic E-state index is 0.0553. The zero-order valence-corrected chi connectivity index (χ0v) is 12.4. The molecule has 0 fully saturated rings. The van der Waals surface area contributed by atoms with E-state index in [2.05, 4.69) is 10.4 Å². The predicted molar refractivity (Wildman–Crippen MR) is 77.3 cm³/mol. The van der Waals surface area contributed by atoms with Crippen LogP contribution < -0.4 is 5.32 Å². The van der Waals surface area contributed by atoms with Crippen LogP contribution in [0.3, 0.4) is 0 Å². The molecule has 0 amide bonds. The summed E-state index contributed by atoms with van der Waals surface area (Å²) in [6.07, 6.45) is -2.96. The van der Waals surface area contributed by atoms with Crippen molar-refractivity contribution >= 4 is 5.69 Å². The van der Waals surface area contributed by atoms with E-state index >= 15 is 0 Å². The molecule has 7 heteroatoms. The summed E-state index contributed by atoms with van der Waals surface area (Å²) >= 11 is 0. The molecule has 0 saturated carbocycles. The van der Waals surface area contributed by atoms with Crippen molar-refractivity contribution in [3.05, 3.63) is 35.7 Å². The van der Waals surface area contributed by atoms with Crippen LogP contribution in [0.2, 0.25) is 0 Å². The van der Waals surface area contributed by atoms with Gasteiger partial charge in [0.2, 0.25) is 0 Å². The third-order valence-electron chi connectivity index (χ3n) is 3.12. The van der Waals surface area contributed by atoms with Gasteiger partial charge >= 0.3 is 0 Å². The largest absolute Gasteiger partial charge is 0.383 e. The zero-order valence-electron chi connectivity index (χ0n) is 12.4. The highest BCUT2D eigenvalue weighted by Gasteiger charge is 2.24. The van der Waals surface area contributed by atoms with Gasteiger partial charge in [0.25, 0.3) is 12.9 Å². The van der Waals surface area contributed by atoms with Crippen LogP contribution in [-0.2, 0) is 7.05 Å². The van der Waals surface area contributed by atoms with Gasteiger partial charge in [0, 0.05) is 47.2 Å². The van der Waals surface area contributed by atoms with E-state index in [0.29, 0.717) is 0 Å². The molecule has 0 unspecified atom stereocenters. The average Bonchev–Trinajstić information content (AvgIpc) is 2.83. The van der Waals surface area contributed by atoms with Gasteiger partial charge in [0.15, 0.2) is 0 Å². The summed E-state index contributed by atoms with van der Waals surface area (Å²) in [5.41, 5.74) is -0.479. The molecule has 1 aromatic heterocycles. The maximum absolute atomic E-state index is 13.4. The van der Waals surface area contributed by atoms with E-state index in [1.807, 2.05) is 0 Å². The fourth-order valence-electron chi connectivity index (χ4n) is 2.33. The summed E-state index contributed by atoms with van der Waals surface area (Å²) in [4.78, 5) is 0. The molecule has 0 radical (unpaired) electrons. The third kappa shape index (κ3) is 3.40. The Hall–Kier alpha value is -2.05. The SMILES string of the molecule is CC(C)Nc1cc(C(F)F)c(-c2cnn(C)c2)c(C(F)F)c1. The summed E-state index contributed by atoms with van der Waals surface area (Å²) in [5, 5.41) is 6.77. The fraction of sp³-hybridized carbons (Fsp3) is 0.400. The van der Waals surface area contributed by atoms with Crippen LogP contribution in [0.15, 0.2) is 24.5 Å². The number of anilines is 1. The van der Waals surface area contributed by atoms with Crippen molar-refractivity contribution in [3.8, 4) is 11.1 Å². The standard InChI is InChI=1S/C15H17F4N3/c1-8(2)21-10-4-11(14(16)17)13(12(5-10)15(18)19)9-6-20-22(3)7-9/h4-8,14-15,21H,1-3H3. The fourth-order valence-corrected chi connectivity index (χ4v) is 2.33. The van der Waals surface area contributed by atoms with Crippen molar-refractivity contribution < 1.29 is 17.6 Å². The van der Waals surface area contributed by atoms with Gasteiger partial charge in [-0.25, -0.2) is 17.6 Å². The number of halogens is 4. The normalized spacial score (nSPS) is 11.7. The molecule has 120 valence electrons. The van der Waals surface area contributed by atoms with Crippen molar-refractivity contribution in [1.29, 1.82) is 0 Å². The summed E-state index contributed by atoms with van der Waals surface area (Å²) in [6.45, 7) is 3.61. The molecular formula is C15H17F4N3. The van der Waals surface area contributed by atoms with Crippen LogP contribution in [0, 0.1) is 0 Å². The lowest BCUT2D eigenvalue weighted by molar-refractivity contribution is 0.145. The summed E-state index contributed by atoms with van der Waals surface area (Å²) < 4.78 is 54.9. The van der Waals surface area contributed by atoms with Gasteiger partial charge in [-0.1, -0.05) is 0 Å². The lowest BCUT2D eigenvalue weighted by Crippen LogP contribution is -2.11. The highest BCUT2D eigenvalue weighted by molar-refractivity contribution is 5.74. The number of nitrogens with zero attached hydrogens (tertiary/aromatic N) is 2. The van der Waals surface area contributed by atoms with E-state index in [4.69, 9.17) is 0 Å². The van der Waals surface area contributed by atoms with Gasteiger partial charge in [0.05, 0.1) is 6.20 Å². The highest BCUT2D eigenvalue weighted by Crippen LogP contribution is 2.40. The zero-order chi connectivity index (χ0) is 16.4. The van der Waals surface area contributed by atoms with E-state index in [1.54, 1.807) is 20.9 Å². The van der Waals surface area contributed by atoms with Crippen LogP contribution in [0.5, 0.6) is 0 Å². The van der Waals surface area contributed by atoms with E-state index in [0.717, 1.165) is 0 Å². The molecule has 3 nitrogen and oxygen atoms in total. The third-order valence-corrected chi connectivity index (χ3v) is 3.12. The van der Waals surface area contributed by atoms with Gasteiger partial charge in [-0.2, -0.15) is 5.10 Å². The van der Waals surface area contributed by atoms with Gasteiger partial charge in [0.1, 0.15) is 0 Å². The second-order valence-corrected chi connectivity index (χ2v) is 5.33. The number of alkyl halides is 4. The number of nitrogens with one attached hydrogen (secondary N) is 1. The monoisotopic (exact) mass is 315 g/mol. The van der Waals surface area contributed by atoms with Crippen LogP contribution in [0.25, 0.3) is 11.1 Å². The van der Waals surface area contributed by atoms with Crippen molar-refractivity contribution in [2.75, 3.05) is 5.32 Å². The molecule has 1 N–H and O–H groups in total. The van der Waals surface area contributed by atoms with Gasteiger partial charge in [-0.3, -0.25) is 4.68 Å². The second kappa shape index (κ2) is 6.37. The Morgan fingerprint density at radius 2 is 1.59 bits per heavy atom. The van der Waals surface area contributed by atoms with Crippen molar-refractivity contribution in [2.45, 2.75) is 32.7 Å². The van der Waals surface area contributed by atoms with Crippen LogP contribution in [-0.4, -0.2) is 15.8 Å². The summed E-state index contributed by atoms with van der Waals surface area (Å²) in [5.74, 6) is 0. The van der Waals surface area contributed by atoms with Gasteiger partial charge in [-0.15, -0.1) is 0 Å². The Kier molecular flexibility index (Phi) is 4.73. The number of hydrogen-bond donors (Lipinski definition) is 1. The number of benzene rings is 1. The molecular weight excluding hydrogens is 298 g/mol. The molecule has 2 aromatic rings. The number of aromatic nitrogens is 2. The first-order chi connectivity index (χ1) is 10.3. The van der Waals surface area contributed by atoms with E-state index in [9.17, 15) is 17.6 Å². The number of rotatable bonds is 5. The molecule has 1 heterocycles. The summed E-state index contributed by atoms with van der Waals surface area (Å²) in [6, 6.07) is 2.39. The quantitative estimate of drug-likeness (QED) is 0.805. The first-order valence-corrected chi connectivity index (χ1v) is 6.79. The van der Waals surface area contributed by atoms with Crippen LogP contribution >= 0.6 is 0 Å². The first-order valence-electron chi connectivity index (χ1n) is 6.79. The Bertz CT molecular complexity index is 621. The maximum Gasteiger partial charge on any atom is 0.264 e. The molecule has 0 atom stereocenters. The lowest BCUT2D eigenvalue weighted by Gasteiger charge is -2.18. The Labute approximate surface area is 125 Å². The molecule has 0 saturated heterocycles. The predicted octanol–water partition coefficient (Wildman–Crippen LogP) is 4.78. The number of aryl methyl sites for hydroxylation is 1. The topological polar surface area (TPSA) is 29.9 Å². The van der Waals surface area contributed by atoms with Crippen molar-refractivity contribution in [3.63, 3.8) is 0 Å². The smallest absolute Gasteiger partial charge is 0.264 e. The minimum Gasteiger partial charge on any atom is -0.383 e. The van der Waals surface area contributed by atoms with Crippen molar-refractivity contribution in [1.82, 2.24) is 9.78 Å². The molecule has 0 spiro atoms. The van der Waals surface area contributed by atoms with E-state index in [1.165, 1.54) is 29.2 Å². The Balaban J connectivity index is 2.68. The van der Waals surface area contributed by atoms with Gasteiger partial charge in [-0.05, 0) is 26.0 Å². The molecule has 0 aliphatic rings. The summed E-state index contributed by atoms with van der Waals surface area (Å²) in [7, 11) is 1.60. The first kappa shape index (κ1) is 16.3. The molecule has 1 aromatic carbocycles. The lowest BCUT2D eigenvalue weighted by atomic mass is 9.95. The number of hydrogen-bond acceptors (Lipinski definition) is 2. The van der Waals surface area contributed by atoms with Crippen LogP contribution in [0.4, 0.5) is 23.2 Å². The van der Waals surface area contributed by atoms with Crippen molar-refractivity contribution in [2.24, 2.45) is 7.05 Å². The second-order valence-electron chi connectivity index (χ2n) is 5.33. The van der Waals surface area contributed by atoms with Gasteiger partial charge < -0.3 is 5.32 Å². The molecule has 0 aliphatic carbocycles. The molecule has 0 bridgehead atoms. The highest BCUT2D eigenvalue weighted by atomic mass is 19.3. The Morgan fingerprint density at radius 1 is 1.05 bits per heavy atom. The van der Waals surface area contributed by atoms with Crippen LogP contribution in [0.1, 0.15) is 37.8 Å². The Morgan fingerprint density at radius 3 is 1.95 bits per heavy atom. The maximum atomic E-state index is 13.4. The molecule has 22 heavy (non-hydrogen) atoms. The van der Waals surface area contributed by atoms with E-state index in [-0.39, 0.29) is 22.9 Å². The average molecular weight is 315 g/mol. The van der Waals surface area contributed by atoms with E-state index < -0.39 is 24.0 Å². The minimum atomic E-state index is -2.86. The molecule has 0 aliphatic heterocycles.